The van der Waals surface area contributed by atoms with E-state index in [9.17, 15) is 5.11 Å². The summed E-state index contributed by atoms with van der Waals surface area (Å²) in [6.07, 6.45) is 5.82. The lowest BCUT2D eigenvalue weighted by Crippen LogP contribution is -2.48. The molecule has 0 spiro atoms. The number of aliphatic hydroxyl groups is 1. The fourth-order valence-corrected chi connectivity index (χ4v) is 1.13. The van der Waals surface area contributed by atoms with Crippen LogP contribution in [0.25, 0.3) is 0 Å². The first-order valence-electron chi connectivity index (χ1n) is 5.55. The average molecular weight is 224 g/mol. The highest BCUT2D eigenvalue weighted by Gasteiger charge is 2.40. The molecule has 1 aliphatic carbocycles. The van der Waals surface area contributed by atoms with E-state index in [1.54, 1.807) is 13.6 Å². The smallest absolute Gasteiger partial charge is 0.330 e. The molecule has 0 saturated carbocycles. The molecule has 0 heterocycles. The third-order valence-electron chi connectivity index (χ3n) is 3.07. The van der Waals surface area contributed by atoms with Gasteiger partial charge in [0.25, 0.3) is 0 Å². The van der Waals surface area contributed by atoms with Crippen molar-refractivity contribution in [2.75, 3.05) is 0 Å². The molecule has 1 rings (SSSR count). The summed E-state index contributed by atoms with van der Waals surface area (Å²) >= 11 is 0. The molecule has 0 aliphatic heterocycles. The van der Waals surface area contributed by atoms with Crippen LogP contribution in [0.5, 0.6) is 0 Å². The summed E-state index contributed by atoms with van der Waals surface area (Å²) in [6, 6.07) is 0. The molecular weight excluding hydrogens is 203 g/mol. The largest absolute Gasteiger partial charge is 0.439 e. The zero-order valence-corrected chi connectivity index (χ0v) is 10.4. The Balaban J connectivity index is 2.55. The lowest BCUT2D eigenvalue weighted by Gasteiger charge is -2.34. The second-order valence-electron chi connectivity index (χ2n) is 5.24. The van der Waals surface area contributed by atoms with Crippen LogP contribution >= 0.6 is 0 Å². The van der Waals surface area contributed by atoms with Gasteiger partial charge in [-0.1, -0.05) is 23.7 Å². The third kappa shape index (κ3) is 3.47. The van der Waals surface area contributed by atoms with Gasteiger partial charge in [0.1, 0.15) is 5.60 Å². The van der Waals surface area contributed by atoms with Crippen LogP contribution in [0.15, 0.2) is 23.7 Å². The minimum atomic E-state index is -0.680. The van der Waals surface area contributed by atoms with Crippen molar-refractivity contribution in [3.63, 3.8) is 0 Å². The maximum Gasteiger partial charge on any atom is 0.330 e. The molecule has 0 saturated heterocycles. The van der Waals surface area contributed by atoms with Crippen LogP contribution in [-0.4, -0.2) is 35.0 Å². The molecule has 4 heteroatoms. The topological polar surface area (TPSA) is 52.4 Å². The summed E-state index contributed by atoms with van der Waals surface area (Å²) in [5.74, 6) is 0. The zero-order chi connectivity index (χ0) is 12.4. The highest BCUT2D eigenvalue weighted by molar-refractivity contribution is 6.39. The van der Waals surface area contributed by atoms with Crippen LogP contribution in [-0.2, 0) is 4.65 Å². The lowest BCUT2D eigenvalue weighted by atomic mass is 9.80. The number of rotatable bonds is 4. The molecule has 0 aromatic carbocycles. The van der Waals surface area contributed by atoms with Crippen LogP contribution in [0, 0.1) is 0 Å². The van der Waals surface area contributed by atoms with Gasteiger partial charge < -0.3 is 14.9 Å². The Morgan fingerprint density at radius 3 is 2.56 bits per heavy atom. The van der Waals surface area contributed by atoms with Gasteiger partial charge in [0.2, 0.25) is 0 Å². The maximum absolute atomic E-state index is 9.43. The van der Waals surface area contributed by atoms with Crippen LogP contribution in [0.3, 0.4) is 0 Å². The van der Waals surface area contributed by atoms with E-state index in [4.69, 9.17) is 9.76 Å². The molecule has 1 unspecified atom stereocenters. The van der Waals surface area contributed by atoms with E-state index in [2.05, 4.69) is 0 Å². The van der Waals surface area contributed by atoms with Crippen LogP contribution in [0.2, 0.25) is 0 Å². The minimum Gasteiger partial charge on any atom is -0.439 e. The quantitative estimate of drug-likeness (QED) is 0.574. The summed E-state index contributed by atoms with van der Waals surface area (Å²) in [5, 5.41) is 17.4. The number of allylic oxidation sites excluding steroid dienone is 2. The van der Waals surface area contributed by atoms with Gasteiger partial charge in [-0.05, 0) is 20.3 Å². The summed E-state index contributed by atoms with van der Waals surface area (Å²) in [4.78, 5) is 0. The highest BCUT2D eigenvalue weighted by Crippen LogP contribution is 2.25. The Bertz CT molecular complexity index is 300. The van der Waals surface area contributed by atoms with Gasteiger partial charge in [0.15, 0.2) is 5.60 Å². The van der Waals surface area contributed by atoms with Crippen molar-refractivity contribution in [1.82, 2.24) is 0 Å². The van der Waals surface area contributed by atoms with E-state index in [1.165, 1.54) is 0 Å². The SMILES string of the molecule is CC(C)([OH2+])C(C)(C)O[B]C1=CC(O)CC=C1. The first-order chi connectivity index (χ1) is 7.22. The molecule has 16 heavy (non-hydrogen) atoms. The van der Waals surface area contributed by atoms with E-state index in [0.29, 0.717) is 6.42 Å². The lowest BCUT2D eigenvalue weighted by molar-refractivity contribution is -0.0896. The molecule has 3 nitrogen and oxygen atoms in total. The van der Waals surface area contributed by atoms with Crippen LogP contribution in [0.1, 0.15) is 34.1 Å². The first-order valence-corrected chi connectivity index (χ1v) is 5.55. The van der Waals surface area contributed by atoms with Gasteiger partial charge in [-0.3, -0.25) is 0 Å². The molecule has 0 fully saturated rings. The van der Waals surface area contributed by atoms with Gasteiger partial charge in [0, 0.05) is 13.8 Å². The van der Waals surface area contributed by atoms with E-state index < -0.39 is 17.3 Å². The normalized spacial score (nSPS) is 21.9. The average Bonchev–Trinajstić information content (AvgIpc) is 2.13. The summed E-state index contributed by atoms with van der Waals surface area (Å²) in [6.45, 7) is 7.42. The molecule has 0 bridgehead atoms. The predicted octanol–water partition coefficient (Wildman–Crippen LogP) is 1.11. The van der Waals surface area contributed by atoms with Crippen molar-refractivity contribution in [2.24, 2.45) is 0 Å². The van der Waals surface area contributed by atoms with Crippen molar-refractivity contribution in [2.45, 2.75) is 51.4 Å². The molecule has 1 aliphatic rings. The monoisotopic (exact) mass is 224 g/mol. The first kappa shape index (κ1) is 13.5. The van der Waals surface area contributed by atoms with Crippen molar-refractivity contribution in [3.8, 4) is 0 Å². The molecule has 0 amide bonds. The molecule has 1 radical (unpaired) electrons. The Labute approximate surface area is 98.1 Å². The predicted molar refractivity (Wildman–Crippen MR) is 66.5 cm³/mol. The van der Waals surface area contributed by atoms with Gasteiger partial charge in [-0.25, -0.2) is 0 Å². The summed E-state index contributed by atoms with van der Waals surface area (Å²) in [5.41, 5.74) is -0.387. The number of aliphatic hydroxyl groups excluding tert-OH is 1. The minimum absolute atomic E-state index is 0.424. The van der Waals surface area contributed by atoms with Crippen molar-refractivity contribution in [1.29, 1.82) is 0 Å². The van der Waals surface area contributed by atoms with Crippen LogP contribution < -0.4 is 0 Å². The van der Waals surface area contributed by atoms with Crippen LogP contribution in [0.4, 0.5) is 0 Å². The second-order valence-corrected chi connectivity index (χ2v) is 5.24. The summed E-state index contributed by atoms with van der Waals surface area (Å²) in [7, 11) is 1.62. The standard InChI is InChI=1S/C12H20BO3/c1-11(2,15)12(3,4)16-13-9-6-5-7-10(14)8-9/h5-6,8,10,14-15H,7H2,1-4H3/p+1. The fourth-order valence-electron chi connectivity index (χ4n) is 1.13. The van der Waals surface area contributed by atoms with Crippen molar-refractivity contribution < 1.29 is 14.9 Å². The molecule has 1 atom stereocenters. The zero-order valence-electron chi connectivity index (χ0n) is 10.4. The Kier molecular flexibility index (Phi) is 3.99. The number of hydrogen-bond acceptors (Lipinski definition) is 2. The van der Waals surface area contributed by atoms with Gasteiger partial charge in [-0.2, -0.15) is 0 Å². The molecule has 0 aromatic heterocycles. The van der Waals surface area contributed by atoms with Crippen molar-refractivity contribution >= 4 is 7.48 Å². The summed E-state index contributed by atoms with van der Waals surface area (Å²) < 4.78 is 5.64. The van der Waals surface area contributed by atoms with Crippen molar-refractivity contribution in [3.05, 3.63) is 23.7 Å². The maximum atomic E-state index is 9.43. The highest BCUT2D eigenvalue weighted by atomic mass is 16.5. The molecule has 0 aromatic rings. The Morgan fingerprint density at radius 1 is 1.44 bits per heavy atom. The molecular formula is C12H21BO3+. The number of hydrogen-bond donors (Lipinski definition) is 1. The van der Waals surface area contributed by atoms with E-state index >= 15 is 0 Å². The van der Waals surface area contributed by atoms with Gasteiger partial charge in [0.05, 0.1) is 6.10 Å². The van der Waals surface area contributed by atoms with Gasteiger partial charge in [-0.15, -0.1) is 0 Å². The third-order valence-corrected chi connectivity index (χ3v) is 3.07. The molecule has 3 N–H and O–H groups in total. The van der Waals surface area contributed by atoms with E-state index in [-0.39, 0.29) is 0 Å². The van der Waals surface area contributed by atoms with E-state index in [1.807, 2.05) is 39.8 Å². The Hall–Kier alpha value is -0.575. The fraction of sp³-hybridized carbons (Fsp3) is 0.667. The Morgan fingerprint density at radius 2 is 2.06 bits per heavy atom. The van der Waals surface area contributed by atoms with E-state index in [0.717, 1.165) is 5.47 Å². The molecule has 89 valence electrons. The second kappa shape index (κ2) is 4.74. The van der Waals surface area contributed by atoms with Gasteiger partial charge >= 0.3 is 7.48 Å².